The Bertz CT molecular complexity index is 520. The Hall–Kier alpha value is -1.50. The highest BCUT2D eigenvalue weighted by atomic mass is 35.5. The van der Waals surface area contributed by atoms with Gasteiger partial charge in [-0.2, -0.15) is 0 Å². The summed E-state index contributed by atoms with van der Waals surface area (Å²) < 4.78 is 21.5. The monoisotopic (exact) mass is 357 g/mol. The van der Waals surface area contributed by atoms with Gasteiger partial charge in [0.2, 0.25) is 0 Å². The summed E-state index contributed by atoms with van der Waals surface area (Å²) in [6, 6.07) is 4.93. The average molecular weight is 358 g/mol. The number of halogens is 1. The molecule has 0 radical (unpaired) electrons. The largest absolute Gasteiger partial charge is 0.489 e. The van der Waals surface area contributed by atoms with E-state index >= 15 is 0 Å². The lowest BCUT2D eigenvalue weighted by Gasteiger charge is -2.15. The Morgan fingerprint density at radius 1 is 1.12 bits per heavy atom. The number of amides is 1. The molecule has 1 aliphatic heterocycles. The van der Waals surface area contributed by atoms with Crippen molar-refractivity contribution in [1.82, 2.24) is 4.90 Å². The molecule has 1 saturated heterocycles. The summed E-state index contributed by atoms with van der Waals surface area (Å²) in [5.41, 5.74) is 0. The van der Waals surface area contributed by atoms with Gasteiger partial charge in [-0.15, -0.1) is 0 Å². The molecule has 1 aromatic carbocycles. The van der Waals surface area contributed by atoms with Crippen LogP contribution in [0.1, 0.15) is 19.8 Å². The molecule has 0 N–H and O–H groups in total. The Labute approximate surface area is 147 Å². The minimum absolute atomic E-state index is 0.333. The minimum Gasteiger partial charge on any atom is -0.489 e. The predicted molar refractivity (Wildman–Crippen MR) is 91.1 cm³/mol. The maximum Gasteiger partial charge on any atom is 0.415 e. The van der Waals surface area contributed by atoms with Gasteiger partial charge in [0.25, 0.3) is 0 Å². The molecule has 1 amide bonds. The van der Waals surface area contributed by atoms with Gasteiger partial charge < -0.3 is 23.8 Å². The van der Waals surface area contributed by atoms with Crippen molar-refractivity contribution in [2.45, 2.75) is 19.8 Å². The number of hydrogen-bond donors (Lipinski definition) is 0. The van der Waals surface area contributed by atoms with E-state index in [0.717, 1.165) is 25.9 Å². The molecule has 6 nitrogen and oxygen atoms in total. The van der Waals surface area contributed by atoms with Crippen LogP contribution in [0.4, 0.5) is 4.79 Å². The van der Waals surface area contributed by atoms with Crippen molar-refractivity contribution in [2.24, 2.45) is 0 Å². The maximum absolute atomic E-state index is 12.0. The highest BCUT2D eigenvalue weighted by Gasteiger charge is 2.20. The van der Waals surface area contributed by atoms with Crippen molar-refractivity contribution < 1.29 is 23.7 Å². The predicted octanol–water partition coefficient (Wildman–Crippen LogP) is 3.37. The minimum atomic E-state index is -0.333. The SMILES string of the molecule is CCOCCOCCOc1cc(OC(=O)N2CCCC2)ccc1Cl. The number of benzene rings is 1. The lowest BCUT2D eigenvalue weighted by Crippen LogP contribution is -2.30. The molecule has 0 bridgehead atoms. The van der Waals surface area contributed by atoms with Gasteiger partial charge >= 0.3 is 6.09 Å². The summed E-state index contributed by atoms with van der Waals surface area (Å²) in [7, 11) is 0. The van der Waals surface area contributed by atoms with E-state index in [1.54, 1.807) is 23.1 Å². The molecule has 0 spiro atoms. The second-order valence-corrected chi connectivity index (χ2v) is 5.72. The molecule has 1 aromatic rings. The number of hydrogen-bond acceptors (Lipinski definition) is 5. The molecular formula is C17H24ClNO5. The van der Waals surface area contributed by atoms with E-state index in [9.17, 15) is 4.79 Å². The number of carbonyl (C=O) groups is 1. The van der Waals surface area contributed by atoms with E-state index < -0.39 is 0 Å². The fraction of sp³-hybridized carbons (Fsp3) is 0.588. The Morgan fingerprint density at radius 3 is 2.58 bits per heavy atom. The summed E-state index contributed by atoms with van der Waals surface area (Å²) in [6.07, 6.45) is 1.71. The summed E-state index contributed by atoms with van der Waals surface area (Å²) in [5, 5.41) is 0.463. The lowest BCUT2D eigenvalue weighted by atomic mass is 10.3. The van der Waals surface area contributed by atoms with Crippen LogP contribution in [-0.2, 0) is 9.47 Å². The van der Waals surface area contributed by atoms with Crippen LogP contribution >= 0.6 is 11.6 Å². The molecule has 0 saturated carbocycles. The van der Waals surface area contributed by atoms with Gasteiger partial charge in [-0.25, -0.2) is 4.79 Å². The molecule has 2 rings (SSSR count). The third-order valence-corrected chi connectivity index (χ3v) is 3.85. The number of rotatable bonds is 9. The summed E-state index contributed by atoms with van der Waals surface area (Å²) in [4.78, 5) is 13.7. The van der Waals surface area contributed by atoms with Crippen LogP contribution in [-0.4, -0.2) is 57.1 Å². The van der Waals surface area contributed by atoms with E-state index in [1.807, 2.05) is 6.92 Å². The summed E-state index contributed by atoms with van der Waals surface area (Å²) >= 11 is 6.10. The van der Waals surface area contributed by atoms with E-state index in [-0.39, 0.29) is 6.09 Å². The van der Waals surface area contributed by atoms with Crippen molar-refractivity contribution in [3.8, 4) is 11.5 Å². The average Bonchev–Trinajstić information content (AvgIpc) is 3.11. The second kappa shape index (κ2) is 10.4. The van der Waals surface area contributed by atoms with Gasteiger partial charge in [-0.05, 0) is 31.9 Å². The quantitative estimate of drug-likeness (QED) is 0.634. The van der Waals surface area contributed by atoms with Gasteiger partial charge in [-0.1, -0.05) is 11.6 Å². The first-order valence-corrected chi connectivity index (χ1v) is 8.63. The highest BCUT2D eigenvalue weighted by molar-refractivity contribution is 6.32. The molecule has 24 heavy (non-hydrogen) atoms. The lowest BCUT2D eigenvalue weighted by molar-refractivity contribution is 0.0405. The zero-order valence-electron chi connectivity index (χ0n) is 14.0. The van der Waals surface area contributed by atoms with Crippen molar-refractivity contribution in [3.63, 3.8) is 0 Å². The number of carbonyl (C=O) groups excluding carboxylic acids is 1. The first kappa shape index (κ1) is 18.8. The van der Waals surface area contributed by atoms with Crippen molar-refractivity contribution in [3.05, 3.63) is 23.2 Å². The Balaban J connectivity index is 1.76. The number of nitrogens with zero attached hydrogens (tertiary/aromatic N) is 1. The fourth-order valence-corrected chi connectivity index (χ4v) is 2.47. The van der Waals surface area contributed by atoms with Crippen LogP contribution in [0.3, 0.4) is 0 Å². The van der Waals surface area contributed by atoms with Gasteiger partial charge in [0, 0.05) is 25.8 Å². The second-order valence-electron chi connectivity index (χ2n) is 5.31. The zero-order chi connectivity index (χ0) is 17.2. The van der Waals surface area contributed by atoms with Gasteiger partial charge in [0.15, 0.2) is 0 Å². The molecule has 134 valence electrons. The van der Waals surface area contributed by atoms with Crippen LogP contribution in [0.25, 0.3) is 0 Å². The van der Waals surface area contributed by atoms with E-state index in [4.69, 9.17) is 30.5 Å². The van der Waals surface area contributed by atoms with Crippen molar-refractivity contribution >= 4 is 17.7 Å². The molecule has 0 atom stereocenters. The molecule has 0 aromatic heterocycles. The highest BCUT2D eigenvalue weighted by Crippen LogP contribution is 2.29. The van der Waals surface area contributed by atoms with E-state index in [0.29, 0.717) is 49.6 Å². The first-order valence-electron chi connectivity index (χ1n) is 8.25. The topological polar surface area (TPSA) is 57.2 Å². The zero-order valence-corrected chi connectivity index (χ0v) is 14.7. The van der Waals surface area contributed by atoms with Crippen LogP contribution in [0, 0.1) is 0 Å². The molecule has 7 heteroatoms. The number of ether oxygens (including phenoxy) is 4. The molecule has 0 aliphatic carbocycles. The van der Waals surface area contributed by atoms with Gasteiger partial charge in [-0.3, -0.25) is 0 Å². The van der Waals surface area contributed by atoms with Crippen LogP contribution in [0.5, 0.6) is 11.5 Å². The third-order valence-electron chi connectivity index (χ3n) is 3.53. The van der Waals surface area contributed by atoms with Crippen LogP contribution < -0.4 is 9.47 Å². The molecular weight excluding hydrogens is 334 g/mol. The summed E-state index contributed by atoms with van der Waals surface area (Å²) in [5.74, 6) is 0.889. The third kappa shape index (κ3) is 6.19. The molecule has 0 unspecified atom stereocenters. The molecule has 1 fully saturated rings. The van der Waals surface area contributed by atoms with Crippen molar-refractivity contribution in [2.75, 3.05) is 46.1 Å². The Morgan fingerprint density at radius 2 is 1.83 bits per heavy atom. The van der Waals surface area contributed by atoms with Crippen molar-refractivity contribution in [1.29, 1.82) is 0 Å². The van der Waals surface area contributed by atoms with Crippen LogP contribution in [0.15, 0.2) is 18.2 Å². The van der Waals surface area contributed by atoms with E-state index in [1.165, 1.54) is 0 Å². The first-order chi connectivity index (χ1) is 11.7. The Kier molecular flexibility index (Phi) is 8.15. The van der Waals surface area contributed by atoms with E-state index in [2.05, 4.69) is 0 Å². The van der Waals surface area contributed by atoms with Gasteiger partial charge in [0.1, 0.15) is 18.1 Å². The smallest absolute Gasteiger partial charge is 0.415 e. The van der Waals surface area contributed by atoms with Crippen LogP contribution in [0.2, 0.25) is 5.02 Å². The van der Waals surface area contributed by atoms with Gasteiger partial charge in [0.05, 0.1) is 24.8 Å². The maximum atomic E-state index is 12.0. The standard InChI is InChI=1S/C17H24ClNO5/c1-2-21-9-10-22-11-12-23-16-13-14(5-6-15(16)18)24-17(20)19-7-3-4-8-19/h5-6,13H,2-4,7-12H2,1H3. The molecule has 1 heterocycles. The normalized spacial score (nSPS) is 14.0. The fourth-order valence-electron chi connectivity index (χ4n) is 2.30. The summed E-state index contributed by atoms with van der Waals surface area (Å²) in [6.45, 7) is 5.99. The number of likely N-dealkylation sites (tertiary alicyclic amines) is 1. The molecule has 1 aliphatic rings.